The zero-order valence-corrected chi connectivity index (χ0v) is 18.9. The molecule has 4 nitrogen and oxygen atoms in total. The van der Waals surface area contributed by atoms with Gasteiger partial charge in [0.1, 0.15) is 5.75 Å². The third-order valence-electron chi connectivity index (χ3n) is 6.94. The van der Waals surface area contributed by atoms with Gasteiger partial charge in [0.15, 0.2) is 5.79 Å². The zero-order chi connectivity index (χ0) is 23.7. The number of benzene rings is 3. The van der Waals surface area contributed by atoms with Crippen molar-refractivity contribution in [2.24, 2.45) is 0 Å². The average molecular weight is 443 g/mol. The monoisotopic (exact) mass is 442 g/mol. The van der Waals surface area contributed by atoms with E-state index in [2.05, 4.69) is 13.8 Å². The standard InChI is InChI=1S/C29H30O4/c1-27(2,22-13-15-25(30)16-14-22)29(23-9-5-3-6-10-23,24-11-7-4-8-12-24)26(31)21-17-19-28(32,33)20-18-21/h3-19,26,30-33H,20H2,1-2H3. The summed E-state index contributed by atoms with van der Waals surface area (Å²) in [5.74, 6) is -1.74. The highest BCUT2D eigenvalue weighted by atomic mass is 16.5. The van der Waals surface area contributed by atoms with E-state index in [9.17, 15) is 20.4 Å². The molecule has 4 N–H and O–H groups in total. The van der Waals surface area contributed by atoms with Crippen LogP contribution in [0.25, 0.3) is 0 Å². The molecule has 0 radical (unpaired) electrons. The van der Waals surface area contributed by atoms with E-state index in [1.807, 2.05) is 72.8 Å². The lowest BCUT2D eigenvalue weighted by atomic mass is 9.52. The Bertz CT molecular complexity index is 1100. The summed E-state index contributed by atoms with van der Waals surface area (Å²) in [4.78, 5) is 0. The molecule has 0 saturated carbocycles. The van der Waals surface area contributed by atoms with Crippen LogP contribution >= 0.6 is 0 Å². The van der Waals surface area contributed by atoms with Crippen LogP contribution in [-0.2, 0) is 10.8 Å². The molecule has 4 heteroatoms. The first-order chi connectivity index (χ1) is 15.7. The van der Waals surface area contributed by atoms with Gasteiger partial charge in [-0.05, 0) is 40.5 Å². The lowest BCUT2D eigenvalue weighted by Gasteiger charge is -2.52. The second-order valence-electron chi connectivity index (χ2n) is 9.23. The summed E-state index contributed by atoms with van der Waals surface area (Å²) in [5, 5.41) is 42.1. The van der Waals surface area contributed by atoms with Gasteiger partial charge in [-0.2, -0.15) is 0 Å². The van der Waals surface area contributed by atoms with Crippen LogP contribution in [0.5, 0.6) is 5.75 Å². The smallest absolute Gasteiger partial charge is 0.186 e. The molecule has 0 bridgehead atoms. The first-order valence-corrected chi connectivity index (χ1v) is 11.1. The molecule has 0 fully saturated rings. The molecule has 0 aliphatic heterocycles. The zero-order valence-electron chi connectivity index (χ0n) is 18.9. The topological polar surface area (TPSA) is 80.9 Å². The van der Waals surface area contributed by atoms with E-state index < -0.39 is 22.7 Å². The van der Waals surface area contributed by atoms with Crippen molar-refractivity contribution in [3.05, 3.63) is 125 Å². The van der Waals surface area contributed by atoms with Gasteiger partial charge in [-0.3, -0.25) is 0 Å². The molecule has 170 valence electrons. The second-order valence-corrected chi connectivity index (χ2v) is 9.23. The first kappa shape index (κ1) is 23.0. The highest BCUT2D eigenvalue weighted by molar-refractivity contribution is 5.53. The molecule has 0 spiro atoms. The van der Waals surface area contributed by atoms with Crippen molar-refractivity contribution in [3.8, 4) is 5.75 Å². The Morgan fingerprint density at radius 1 is 0.758 bits per heavy atom. The Morgan fingerprint density at radius 2 is 1.27 bits per heavy atom. The van der Waals surface area contributed by atoms with Gasteiger partial charge >= 0.3 is 0 Å². The maximum atomic E-state index is 12.2. The van der Waals surface area contributed by atoms with Crippen LogP contribution < -0.4 is 0 Å². The Balaban J connectivity index is 2.03. The summed E-state index contributed by atoms with van der Waals surface area (Å²) >= 11 is 0. The van der Waals surface area contributed by atoms with E-state index in [1.54, 1.807) is 24.3 Å². The van der Waals surface area contributed by atoms with Crippen LogP contribution in [-0.4, -0.2) is 32.3 Å². The van der Waals surface area contributed by atoms with Crippen molar-refractivity contribution in [1.82, 2.24) is 0 Å². The van der Waals surface area contributed by atoms with Crippen molar-refractivity contribution in [1.29, 1.82) is 0 Å². The number of aromatic hydroxyl groups is 1. The Labute approximate surface area is 194 Å². The SMILES string of the molecule is CC(C)(c1ccc(O)cc1)C(c1ccccc1)(c1ccccc1)C(O)C1=CCC(O)(O)C=C1. The summed E-state index contributed by atoms with van der Waals surface area (Å²) in [7, 11) is 0. The second kappa shape index (κ2) is 8.64. The minimum absolute atomic E-state index is 0.00477. The molecule has 1 unspecified atom stereocenters. The van der Waals surface area contributed by atoms with E-state index in [1.165, 1.54) is 6.08 Å². The molecule has 1 atom stereocenters. The number of phenolic OH excluding ortho intramolecular Hbond substituents is 1. The van der Waals surface area contributed by atoms with Gasteiger partial charge in [0, 0.05) is 11.8 Å². The number of hydrogen-bond acceptors (Lipinski definition) is 4. The molecule has 0 saturated heterocycles. The molecular weight excluding hydrogens is 412 g/mol. The normalized spacial score (nSPS) is 16.8. The van der Waals surface area contributed by atoms with Gasteiger partial charge in [0.2, 0.25) is 0 Å². The lowest BCUT2D eigenvalue weighted by Crippen LogP contribution is -2.55. The number of rotatable bonds is 6. The van der Waals surface area contributed by atoms with E-state index in [-0.39, 0.29) is 12.2 Å². The summed E-state index contributed by atoms with van der Waals surface area (Å²) in [6.07, 6.45) is 3.60. The number of hydrogen-bond donors (Lipinski definition) is 4. The van der Waals surface area contributed by atoms with E-state index >= 15 is 0 Å². The third-order valence-corrected chi connectivity index (χ3v) is 6.94. The largest absolute Gasteiger partial charge is 0.508 e. The van der Waals surface area contributed by atoms with Gasteiger partial charge in [-0.1, -0.05) is 98.8 Å². The highest BCUT2D eigenvalue weighted by Crippen LogP contribution is 2.53. The van der Waals surface area contributed by atoms with Crippen molar-refractivity contribution in [2.75, 3.05) is 0 Å². The Kier molecular flexibility index (Phi) is 6.02. The molecule has 33 heavy (non-hydrogen) atoms. The van der Waals surface area contributed by atoms with Crippen LogP contribution in [0, 0.1) is 0 Å². The van der Waals surface area contributed by atoms with Crippen molar-refractivity contribution >= 4 is 0 Å². The minimum atomic E-state index is -1.92. The van der Waals surface area contributed by atoms with Gasteiger partial charge in [-0.15, -0.1) is 0 Å². The fourth-order valence-electron chi connectivity index (χ4n) is 5.14. The van der Waals surface area contributed by atoms with Gasteiger partial charge in [0.25, 0.3) is 0 Å². The van der Waals surface area contributed by atoms with Crippen molar-refractivity contribution < 1.29 is 20.4 Å². The molecule has 3 aromatic carbocycles. The quantitative estimate of drug-likeness (QED) is 0.421. The molecule has 3 aromatic rings. The maximum absolute atomic E-state index is 12.2. The van der Waals surface area contributed by atoms with Gasteiger partial charge in [-0.25, -0.2) is 0 Å². The van der Waals surface area contributed by atoms with Gasteiger partial charge < -0.3 is 20.4 Å². The van der Waals surface area contributed by atoms with Crippen LogP contribution in [0.4, 0.5) is 0 Å². The van der Waals surface area contributed by atoms with Crippen LogP contribution in [0.15, 0.2) is 109 Å². The predicted octanol–water partition coefficient (Wildman–Crippen LogP) is 4.58. The predicted molar refractivity (Wildman–Crippen MR) is 130 cm³/mol. The fraction of sp³-hybridized carbons (Fsp3) is 0.241. The van der Waals surface area contributed by atoms with Crippen LogP contribution in [0.2, 0.25) is 0 Å². The van der Waals surface area contributed by atoms with E-state index in [4.69, 9.17) is 0 Å². The number of aliphatic hydroxyl groups is 3. The molecule has 1 aliphatic carbocycles. The Morgan fingerprint density at radius 3 is 1.73 bits per heavy atom. The van der Waals surface area contributed by atoms with Crippen molar-refractivity contribution in [2.45, 2.75) is 43.0 Å². The van der Waals surface area contributed by atoms with Gasteiger partial charge in [0.05, 0.1) is 11.5 Å². The molecular formula is C29H30O4. The number of aliphatic hydroxyl groups excluding tert-OH is 1. The molecule has 1 aliphatic rings. The summed E-state index contributed by atoms with van der Waals surface area (Å²) in [6.45, 7) is 4.19. The highest BCUT2D eigenvalue weighted by Gasteiger charge is 2.54. The fourth-order valence-corrected chi connectivity index (χ4v) is 5.14. The minimum Gasteiger partial charge on any atom is -0.508 e. The first-order valence-electron chi connectivity index (χ1n) is 11.1. The Hall–Kier alpha value is -3.18. The number of phenols is 1. The molecule has 0 heterocycles. The lowest BCUT2D eigenvalue weighted by molar-refractivity contribution is -0.115. The molecule has 4 rings (SSSR count). The van der Waals surface area contributed by atoms with Crippen LogP contribution in [0.1, 0.15) is 37.0 Å². The average Bonchev–Trinajstić information content (AvgIpc) is 2.81. The van der Waals surface area contributed by atoms with Crippen molar-refractivity contribution in [3.63, 3.8) is 0 Å². The van der Waals surface area contributed by atoms with Crippen LogP contribution in [0.3, 0.4) is 0 Å². The molecule has 0 aromatic heterocycles. The summed E-state index contributed by atoms with van der Waals surface area (Å²) < 4.78 is 0. The maximum Gasteiger partial charge on any atom is 0.186 e. The third kappa shape index (κ3) is 4.02. The van der Waals surface area contributed by atoms with E-state index in [0.29, 0.717) is 5.57 Å². The molecule has 0 amide bonds. The van der Waals surface area contributed by atoms with E-state index in [0.717, 1.165) is 16.7 Å². The summed E-state index contributed by atoms with van der Waals surface area (Å²) in [6, 6.07) is 26.9. The summed E-state index contributed by atoms with van der Waals surface area (Å²) in [5.41, 5.74) is 1.85.